The van der Waals surface area contributed by atoms with Crippen LogP contribution >= 0.6 is 0 Å². The van der Waals surface area contributed by atoms with Gasteiger partial charge in [0.25, 0.3) is 0 Å². The average molecular weight is 1190 g/mol. The van der Waals surface area contributed by atoms with Crippen LogP contribution in [0.1, 0.15) is 101 Å². The Morgan fingerprint density at radius 1 is 0.400 bits per heavy atom. The summed E-state index contributed by atoms with van der Waals surface area (Å²) in [6, 6.07) is 0. The van der Waals surface area contributed by atoms with Crippen molar-refractivity contribution in [3.8, 4) is 0 Å². The standard InChI is InChI=1S/3C14H15F7O2.Pr/c1-10(2)6-4-5-11(10,3)7(8(6)22)9(23)12(15,16)13(17,18)14(19,20)21;2*1-10(2)6-4-5-11(10,3)8(22)7(6)9(23)12(15,16)13(17,18)14(19,20)21;/h3*6,23H,4-5H2,1-3H3;. The van der Waals surface area contributed by atoms with Crippen molar-refractivity contribution in [2.45, 2.75) is 155 Å². The number of hydrogen-bond donors (Lipinski definition) is 3. The Morgan fingerprint density at radius 3 is 0.843 bits per heavy atom. The zero-order chi connectivity index (χ0) is 54.7. The van der Waals surface area contributed by atoms with Gasteiger partial charge in [-0.1, -0.05) is 62.3 Å². The van der Waals surface area contributed by atoms with Gasteiger partial charge in [0.1, 0.15) is 0 Å². The molecule has 6 atom stereocenters. The zero-order valence-electron chi connectivity index (χ0n) is 38.1. The van der Waals surface area contributed by atoms with Crippen molar-refractivity contribution in [1.29, 1.82) is 0 Å². The zero-order valence-corrected chi connectivity index (χ0v) is 41.8. The monoisotopic (exact) mass is 1190 g/mol. The van der Waals surface area contributed by atoms with Crippen LogP contribution in [0.15, 0.2) is 34.0 Å². The van der Waals surface area contributed by atoms with Gasteiger partial charge in [0.05, 0.1) is 0 Å². The topological polar surface area (TPSA) is 112 Å². The summed E-state index contributed by atoms with van der Waals surface area (Å²) in [7, 11) is 0. The van der Waals surface area contributed by atoms with Gasteiger partial charge in [0.2, 0.25) is 0 Å². The maximum Gasteiger partial charge on any atom is 0.460 e. The molecule has 6 rings (SSSR count). The van der Waals surface area contributed by atoms with Gasteiger partial charge in [-0.2, -0.15) is 92.2 Å². The van der Waals surface area contributed by atoms with Gasteiger partial charge in [-0.25, -0.2) is 0 Å². The molecule has 28 heteroatoms. The van der Waals surface area contributed by atoms with Crippen LogP contribution in [-0.4, -0.2) is 86.7 Å². The SMILES string of the molecule is CC12CCC(C(=C(O)C(F)(F)C(F)(F)C(F)(F)F)C1=O)C2(C)C.CC12CCC(C(=C(O)C(F)(F)C(F)(F)C(F)(F)F)C1=O)C2(C)C.CC12CCC(C(=O)C1=C(O)C(F)(F)C(F)(F)C(F)(F)F)C2(C)C.[Pr]. The molecule has 0 aromatic rings. The largest absolute Gasteiger partial charge is 0.506 e. The van der Waals surface area contributed by atoms with E-state index in [9.17, 15) is 122 Å². The Bertz CT molecular complexity index is 2160. The molecule has 70 heavy (non-hydrogen) atoms. The minimum atomic E-state index is -6.57. The normalized spacial score (nSPS) is 32.8. The summed E-state index contributed by atoms with van der Waals surface area (Å²) in [4.78, 5) is 36.8. The van der Waals surface area contributed by atoms with Gasteiger partial charge in [-0.3, -0.25) is 14.4 Å². The first kappa shape index (κ1) is 61.8. The van der Waals surface area contributed by atoms with Crippen LogP contribution in [0.5, 0.6) is 0 Å². The quantitative estimate of drug-likeness (QED) is 0.139. The predicted octanol–water partition coefficient (Wildman–Crippen LogP) is 14.0. The molecule has 6 aliphatic carbocycles. The minimum absolute atomic E-state index is 0. The summed E-state index contributed by atoms with van der Waals surface area (Å²) in [5.74, 6) is -50.3. The maximum atomic E-state index is 13.7. The van der Waals surface area contributed by atoms with Crippen molar-refractivity contribution in [3.05, 3.63) is 34.0 Å². The van der Waals surface area contributed by atoms with E-state index in [1.807, 2.05) is 0 Å². The van der Waals surface area contributed by atoms with Crippen LogP contribution in [0, 0.1) is 91.5 Å². The first-order valence-corrected chi connectivity index (χ1v) is 20.5. The number of carbonyl (C=O) groups is 3. The molecule has 6 nitrogen and oxygen atoms in total. The summed E-state index contributed by atoms with van der Waals surface area (Å²) in [5.41, 5.74) is -9.51. The van der Waals surface area contributed by atoms with E-state index in [0.717, 1.165) is 0 Å². The third kappa shape index (κ3) is 7.84. The molecule has 6 bridgehead atoms. The van der Waals surface area contributed by atoms with E-state index < -0.39 is 156 Å². The van der Waals surface area contributed by atoms with Gasteiger partial charge in [0, 0.05) is 80.2 Å². The first-order chi connectivity index (χ1) is 30.1. The molecule has 0 spiro atoms. The molecule has 0 aromatic heterocycles. The molecule has 0 aliphatic heterocycles. The van der Waals surface area contributed by atoms with E-state index >= 15 is 0 Å². The molecule has 0 saturated heterocycles. The number of aliphatic hydroxyl groups is 3. The summed E-state index contributed by atoms with van der Waals surface area (Å²) in [6.45, 7) is 13.5. The van der Waals surface area contributed by atoms with Crippen molar-refractivity contribution in [2.75, 3.05) is 0 Å². The number of aliphatic hydroxyl groups excluding tert-OH is 3. The van der Waals surface area contributed by atoms with Crippen LogP contribution in [0.3, 0.4) is 0 Å². The second-order valence-corrected chi connectivity index (χ2v) is 20.6. The molecule has 0 heterocycles. The first-order valence-electron chi connectivity index (χ1n) is 20.5. The molecule has 6 fully saturated rings. The summed E-state index contributed by atoms with van der Waals surface area (Å²) in [6.07, 6.45) is -18.4. The van der Waals surface area contributed by atoms with Crippen molar-refractivity contribution < 1.29 is 163 Å². The molecule has 6 saturated carbocycles. The molecular formula is C42H45F21O6Pr. The number of fused-ring (bicyclic) bond motifs is 6. The van der Waals surface area contributed by atoms with E-state index in [-0.39, 0.29) is 60.6 Å². The van der Waals surface area contributed by atoms with Crippen molar-refractivity contribution in [2.24, 2.45) is 50.2 Å². The van der Waals surface area contributed by atoms with Crippen molar-refractivity contribution in [3.63, 3.8) is 0 Å². The smallest absolute Gasteiger partial charge is 0.460 e. The molecular weight excluding hydrogens is 1140 g/mol. The van der Waals surface area contributed by atoms with Gasteiger partial charge in [0.15, 0.2) is 34.6 Å². The van der Waals surface area contributed by atoms with Crippen LogP contribution in [0.2, 0.25) is 0 Å². The Hall–Kier alpha value is -2.48. The fraction of sp³-hybridized carbons (Fsp3) is 0.786. The Balaban J connectivity index is 0.000000276. The summed E-state index contributed by atoms with van der Waals surface area (Å²) in [5, 5.41) is 28.7. The predicted molar refractivity (Wildman–Crippen MR) is 196 cm³/mol. The second-order valence-electron chi connectivity index (χ2n) is 20.6. The number of rotatable bonds is 6. The minimum Gasteiger partial charge on any atom is -0.506 e. The summed E-state index contributed by atoms with van der Waals surface area (Å²) < 4.78 is 271. The molecule has 6 aliphatic rings. The van der Waals surface area contributed by atoms with Gasteiger partial charge in [-0.15, -0.1) is 0 Å². The Labute approximate surface area is 417 Å². The van der Waals surface area contributed by atoms with E-state index in [2.05, 4.69) is 0 Å². The van der Waals surface area contributed by atoms with Crippen LogP contribution in [-0.2, 0) is 14.4 Å². The number of ketones is 3. The molecule has 399 valence electrons. The van der Waals surface area contributed by atoms with E-state index in [0.29, 0.717) is 19.3 Å². The third-order valence-electron chi connectivity index (χ3n) is 16.9. The average Bonchev–Trinajstić information content (AvgIpc) is 3.79. The second kappa shape index (κ2) is 17.0. The molecule has 0 aromatic carbocycles. The third-order valence-corrected chi connectivity index (χ3v) is 16.9. The van der Waals surface area contributed by atoms with Crippen LogP contribution < -0.4 is 0 Å². The Morgan fingerprint density at radius 2 is 0.629 bits per heavy atom. The fourth-order valence-corrected chi connectivity index (χ4v) is 11.0. The maximum absolute atomic E-state index is 13.7. The fourth-order valence-electron chi connectivity index (χ4n) is 11.0. The van der Waals surface area contributed by atoms with Crippen molar-refractivity contribution in [1.82, 2.24) is 0 Å². The van der Waals surface area contributed by atoms with Crippen LogP contribution in [0.25, 0.3) is 0 Å². The van der Waals surface area contributed by atoms with E-state index in [1.54, 1.807) is 41.5 Å². The Kier molecular flexibility index (Phi) is 15.0. The van der Waals surface area contributed by atoms with Gasteiger partial charge >= 0.3 is 54.1 Å². The van der Waals surface area contributed by atoms with E-state index in [4.69, 9.17) is 0 Å². The number of carbonyl (C=O) groups excluding carboxylic acids is 3. The van der Waals surface area contributed by atoms with Gasteiger partial charge in [-0.05, 0) is 66.6 Å². The molecule has 3 N–H and O–H groups in total. The van der Waals surface area contributed by atoms with E-state index in [1.165, 1.54) is 20.8 Å². The van der Waals surface area contributed by atoms with Crippen LogP contribution in [0.4, 0.5) is 92.2 Å². The summed E-state index contributed by atoms with van der Waals surface area (Å²) >= 11 is 0. The number of alkyl halides is 21. The molecule has 1 radical (unpaired) electrons. The number of allylic oxidation sites excluding steroid dienone is 6. The molecule has 0 amide bonds. The number of Topliss-reactive ketones (excluding diaryl/α,β-unsaturated/α-hetero) is 3. The van der Waals surface area contributed by atoms with Crippen molar-refractivity contribution >= 4 is 17.3 Å². The number of halogens is 21. The molecule has 6 unspecified atom stereocenters. The van der Waals surface area contributed by atoms with Gasteiger partial charge < -0.3 is 15.3 Å². The number of hydrogen-bond acceptors (Lipinski definition) is 6.